The number of aliphatic carboxylic acids is 1. The van der Waals surface area contributed by atoms with Crippen LogP contribution in [-0.2, 0) is 4.79 Å². The number of hydrogen-bond donors (Lipinski definition) is 1. The molecule has 1 aliphatic heterocycles. The summed E-state index contributed by atoms with van der Waals surface area (Å²) in [5, 5.41) is 8.73. The molecule has 1 fully saturated rings. The first-order chi connectivity index (χ1) is 9.06. The maximum atomic E-state index is 10.6. The molecule has 1 N–H and O–H groups in total. The zero-order valence-electron chi connectivity index (χ0n) is 11.9. The molecule has 1 aromatic rings. The summed E-state index contributed by atoms with van der Waals surface area (Å²) in [7, 11) is 0. The van der Waals surface area contributed by atoms with Gasteiger partial charge in [0.2, 0.25) is 0 Å². The Morgan fingerprint density at radius 1 is 1.32 bits per heavy atom. The monoisotopic (exact) mass is 261 g/mol. The van der Waals surface area contributed by atoms with Gasteiger partial charge in [0.25, 0.3) is 0 Å². The normalized spacial score (nSPS) is 16.6. The van der Waals surface area contributed by atoms with Gasteiger partial charge in [0, 0.05) is 25.2 Å². The standard InChI is InChI=1S/C16H23NO2/c1-12-3-5-15(13(2)11-12)17-9-7-14(8-10-17)4-6-16(18)19/h3,5,11,14H,4,6-10H2,1-2H3,(H,18,19). The quantitative estimate of drug-likeness (QED) is 0.903. The molecule has 0 radical (unpaired) electrons. The molecule has 0 atom stereocenters. The molecule has 1 heterocycles. The van der Waals surface area contributed by atoms with Crippen LogP contribution in [0.4, 0.5) is 5.69 Å². The molecule has 1 saturated heterocycles. The van der Waals surface area contributed by atoms with Gasteiger partial charge in [-0.25, -0.2) is 0 Å². The van der Waals surface area contributed by atoms with Gasteiger partial charge in [-0.15, -0.1) is 0 Å². The van der Waals surface area contributed by atoms with E-state index >= 15 is 0 Å². The summed E-state index contributed by atoms with van der Waals surface area (Å²) in [5.41, 5.74) is 3.98. The van der Waals surface area contributed by atoms with Gasteiger partial charge in [-0.05, 0) is 50.7 Å². The first-order valence-electron chi connectivity index (χ1n) is 7.10. The minimum atomic E-state index is -0.670. The summed E-state index contributed by atoms with van der Waals surface area (Å²) in [4.78, 5) is 13.0. The summed E-state index contributed by atoms with van der Waals surface area (Å²) >= 11 is 0. The molecule has 0 aliphatic carbocycles. The predicted octanol–water partition coefficient (Wildman–Crippen LogP) is 3.38. The SMILES string of the molecule is Cc1ccc(N2CCC(CCC(=O)O)CC2)c(C)c1. The van der Waals surface area contributed by atoms with Crippen LogP contribution in [0, 0.1) is 19.8 Å². The molecule has 0 bridgehead atoms. The van der Waals surface area contributed by atoms with Crippen molar-refractivity contribution in [3.63, 3.8) is 0 Å². The molecule has 3 heteroatoms. The number of aryl methyl sites for hydroxylation is 2. The maximum Gasteiger partial charge on any atom is 0.303 e. The predicted molar refractivity (Wildman–Crippen MR) is 77.7 cm³/mol. The number of nitrogens with zero attached hydrogens (tertiary/aromatic N) is 1. The Morgan fingerprint density at radius 3 is 2.58 bits per heavy atom. The number of carboxylic acid groups (broad SMARTS) is 1. The molecule has 0 aromatic heterocycles. The lowest BCUT2D eigenvalue weighted by Crippen LogP contribution is -2.34. The summed E-state index contributed by atoms with van der Waals surface area (Å²) in [6.45, 7) is 6.39. The highest BCUT2D eigenvalue weighted by molar-refractivity contribution is 5.66. The van der Waals surface area contributed by atoms with E-state index in [1.807, 2.05) is 0 Å². The van der Waals surface area contributed by atoms with Crippen molar-refractivity contribution in [3.05, 3.63) is 29.3 Å². The largest absolute Gasteiger partial charge is 0.481 e. The summed E-state index contributed by atoms with van der Waals surface area (Å²) < 4.78 is 0. The molecule has 2 rings (SSSR count). The Kier molecular flexibility index (Phi) is 4.46. The lowest BCUT2D eigenvalue weighted by molar-refractivity contribution is -0.137. The zero-order valence-corrected chi connectivity index (χ0v) is 11.9. The number of piperidine rings is 1. The van der Waals surface area contributed by atoms with Crippen molar-refractivity contribution in [1.82, 2.24) is 0 Å². The third-order valence-electron chi connectivity index (χ3n) is 4.07. The number of anilines is 1. The molecule has 104 valence electrons. The minimum absolute atomic E-state index is 0.314. The van der Waals surface area contributed by atoms with Crippen LogP contribution in [0.3, 0.4) is 0 Å². The summed E-state index contributed by atoms with van der Waals surface area (Å²) in [6, 6.07) is 6.60. The topological polar surface area (TPSA) is 40.5 Å². The average Bonchev–Trinajstić information content (AvgIpc) is 2.37. The van der Waals surface area contributed by atoms with Crippen LogP contribution in [-0.4, -0.2) is 24.2 Å². The number of hydrogen-bond acceptors (Lipinski definition) is 2. The lowest BCUT2D eigenvalue weighted by atomic mass is 9.91. The fraction of sp³-hybridized carbons (Fsp3) is 0.562. The molecule has 0 unspecified atom stereocenters. The van der Waals surface area contributed by atoms with Crippen LogP contribution in [0.15, 0.2) is 18.2 Å². The van der Waals surface area contributed by atoms with E-state index in [0.717, 1.165) is 32.4 Å². The number of benzene rings is 1. The van der Waals surface area contributed by atoms with E-state index in [1.165, 1.54) is 16.8 Å². The van der Waals surface area contributed by atoms with E-state index in [-0.39, 0.29) is 0 Å². The Morgan fingerprint density at radius 2 is 2.00 bits per heavy atom. The fourth-order valence-electron chi connectivity index (χ4n) is 2.95. The second-order valence-electron chi connectivity index (χ2n) is 5.65. The zero-order chi connectivity index (χ0) is 13.8. The molecule has 19 heavy (non-hydrogen) atoms. The average molecular weight is 261 g/mol. The van der Waals surface area contributed by atoms with Gasteiger partial charge in [-0.1, -0.05) is 17.7 Å². The molecular formula is C16H23NO2. The first-order valence-corrected chi connectivity index (χ1v) is 7.10. The molecule has 0 amide bonds. The Hall–Kier alpha value is -1.51. The van der Waals surface area contributed by atoms with E-state index in [4.69, 9.17) is 5.11 Å². The highest BCUT2D eigenvalue weighted by Gasteiger charge is 2.20. The highest BCUT2D eigenvalue weighted by Crippen LogP contribution is 2.28. The van der Waals surface area contributed by atoms with Crippen LogP contribution >= 0.6 is 0 Å². The van der Waals surface area contributed by atoms with Crippen LogP contribution < -0.4 is 4.90 Å². The van der Waals surface area contributed by atoms with Crippen molar-refractivity contribution in [3.8, 4) is 0 Å². The van der Waals surface area contributed by atoms with Crippen molar-refractivity contribution in [2.24, 2.45) is 5.92 Å². The second-order valence-corrected chi connectivity index (χ2v) is 5.65. The second kappa shape index (κ2) is 6.09. The number of rotatable bonds is 4. The van der Waals surface area contributed by atoms with Crippen LogP contribution in [0.1, 0.15) is 36.8 Å². The Labute approximate surface area is 115 Å². The molecular weight excluding hydrogens is 238 g/mol. The van der Waals surface area contributed by atoms with Gasteiger partial charge >= 0.3 is 5.97 Å². The van der Waals surface area contributed by atoms with E-state index in [9.17, 15) is 4.79 Å². The van der Waals surface area contributed by atoms with Crippen LogP contribution in [0.25, 0.3) is 0 Å². The molecule has 3 nitrogen and oxygen atoms in total. The first kappa shape index (κ1) is 13.9. The molecule has 0 saturated carbocycles. The van der Waals surface area contributed by atoms with Crippen LogP contribution in [0.2, 0.25) is 0 Å². The van der Waals surface area contributed by atoms with Gasteiger partial charge in [-0.3, -0.25) is 4.79 Å². The fourth-order valence-corrected chi connectivity index (χ4v) is 2.95. The lowest BCUT2D eigenvalue weighted by Gasteiger charge is -2.34. The maximum absolute atomic E-state index is 10.6. The van der Waals surface area contributed by atoms with Gasteiger partial charge in [0.15, 0.2) is 0 Å². The van der Waals surface area contributed by atoms with Gasteiger partial charge in [-0.2, -0.15) is 0 Å². The Balaban J connectivity index is 1.90. The van der Waals surface area contributed by atoms with Crippen molar-refractivity contribution in [1.29, 1.82) is 0 Å². The Bertz CT molecular complexity index is 448. The van der Waals surface area contributed by atoms with E-state index in [1.54, 1.807) is 0 Å². The van der Waals surface area contributed by atoms with Gasteiger partial charge in [0.1, 0.15) is 0 Å². The van der Waals surface area contributed by atoms with E-state index in [2.05, 4.69) is 36.9 Å². The third-order valence-corrected chi connectivity index (χ3v) is 4.07. The number of carbonyl (C=O) groups is 1. The van der Waals surface area contributed by atoms with E-state index in [0.29, 0.717) is 12.3 Å². The molecule has 1 aliphatic rings. The highest BCUT2D eigenvalue weighted by atomic mass is 16.4. The van der Waals surface area contributed by atoms with Crippen molar-refractivity contribution in [2.75, 3.05) is 18.0 Å². The van der Waals surface area contributed by atoms with E-state index < -0.39 is 5.97 Å². The van der Waals surface area contributed by atoms with Gasteiger partial charge in [0.05, 0.1) is 0 Å². The molecule has 0 spiro atoms. The van der Waals surface area contributed by atoms with Crippen LogP contribution in [0.5, 0.6) is 0 Å². The summed E-state index contributed by atoms with van der Waals surface area (Å²) in [5.74, 6) is -0.0880. The summed E-state index contributed by atoms with van der Waals surface area (Å²) in [6.07, 6.45) is 3.37. The van der Waals surface area contributed by atoms with Crippen molar-refractivity contribution in [2.45, 2.75) is 39.5 Å². The third kappa shape index (κ3) is 3.72. The molecule has 1 aromatic carbocycles. The van der Waals surface area contributed by atoms with Crippen molar-refractivity contribution < 1.29 is 9.90 Å². The van der Waals surface area contributed by atoms with Crippen molar-refractivity contribution >= 4 is 11.7 Å². The smallest absolute Gasteiger partial charge is 0.303 e. The minimum Gasteiger partial charge on any atom is -0.481 e. The number of carboxylic acids is 1. The van der Waals surface area contributed by atoms with Gasteiger partial charge < -0.3 is 10.0 Å².